The summed E-state index contributed by atoms with van der Waals surface area (Å²) in [5, 5.41) is 14.3. The quantitative estimate of drug-likeness (QED) is 0.793. The molecule has 0 saturated carbocycles. The molecule has 1 aliphatic rings. The van der Waals surface area contributed by atoms with Gasteiger partial charge in [0.05, 0.1) is 6.61 Å². The van der Waals surface area contributed by atoms with Crippen molar-refractivity contribution in [2.24, 2.45) is 5.92 Å². The minimum Gasteiger partial charge on any atom is -0.391 e. The number of hydrogen-bond donors (Lipinski definition) is 2. The van der Waals surface area contributed by atoms with Crippen LogP contribution in [0.25, 0.3) is 10.1 Å². The third-order valence-corrected chi connectivity index (χ3v) is 4.42. The molecule has 0 fully saturated rings. The van der Waals surface area contributed by atoms with Crippen LogP contribution in [0.2, 0.25) is 0 Å². The Morgan fingerprint density at radius 2 is 2.38 bits per heavy atom. The molecule has 1 unspecified atom stereocenters. The summed E-state index contributed by atoms with van der Waals surface area (Å²) in [6.07, 6.45) is 1.07. The molecular formula is C13H15NOS. The summed E-state index contributed by atoms with van der Waals surface area (Å²) in [6.45, 7) is 3.44. The molecule has 16 heavy (non-hydrogen) atoms. The first-order valence-corrected chi connectivity index (χ1v) is 6.49. The van der Waals surface area contributed by atoms with Crippen LogP contribution in [0, 0.1) is 5.92 Å². The largest absolute Gasteiger partial charge is 0.391 e. The average molecular weight is 233 g/mol. The number of rotatable bonds is 1. The molecule has 84 valence electrons. The zero-order valence-electron chi connectivity index (χ0n) is 9.29. The van der Waals surface area contributed by atoms with Crippen LogP contribution in [0.5, 0.6) is 0 Å². The fraction of sp³-hybridized carbons (Fsp3) is 0.385. The molecule has 0 saturated heterocycles. The number of hydrogen-bond acceptors (Lipinski definition) is 3. The third-order valence-electron chi connectivity index (χ3n) is 3.23. The van der Waals surface area contributed by atoms with Crippen molar-refractivity contribution < 1.29 is 5.11 Å². The summed E-state index contributed by atoms with van der Waals surface area (Å²) in [5.41, 5.74) is 2.59. The fourth-order valence-corrected chi connectivity index (χ4v) is 3.58. The first-order valence-electron chi connectivity index (χ1n) is 5.67. The lowest BCUT2D eigenvalue weighted by atomic mass is 10.00. The molecule has 1 atom stereocenters. The highest BCUT2D eigenvalue weighted by atomic mass is 32.1. The van der Waals surface area contributed by atoms with E-state index in [1.165, 1.54) is 21.3 Å². The normalized spacial score (nSPS) is 19.5. The Bertz CT molecular complexity index is 532. The van der Waals surface area contributed by atoms with Crippen LogP contribution < -0.4 is 5.32 Å². The van der Waals surface area contributed by atoms with E-state index in [2.05, 4.69) is 30.4 Å². The van der Waals surface area contributed by atoms with Gasteiger partial charge in [0.15, 0.2) is 0 Å². The van der Waals surface area contributed by atoms with Crippen molar-refractivity contribution in [2.45, 2.75) is 20.0 Å². The van der Waals surface area contributed by atoms with E-state index in [9.17, 15) is 5.11 Å². The minimum absolute atomic E-state index is 0.167. The second kappa shape index (κ2) is 3.75. The summed E-state index contributed by atoms with van der Waals surface area (Å²) in [5.74, 6) is 0.621. The topological polar surface area (TPSA) is 32.3 Å². The molecular weight excluding hydrogens is 218 g/mol. The molecule has 1 aliphatic heterocycles. The number of aliphatic hydroxyl groups is 1. The zero-order valence-corrected chi connectivity index (χ0v) is 10.1. The van der Waals surface area contributed by atoms with Crippen LogP contribution in [-0.4, -0.2) is 11.7 Å². The van der Waals surface area contributed by atoms with Gasteiger partial charge in [0.25, 0.3) is 0 Å². The molecule has 0 aliphatic carbocycles. The van der Waals surface area contributed by atoms with Crippen molar-refractivity contribution in [3.05, 3.63) is 28.6 Å². The van der Waals surface area contributed by atoms with Gasteiger partial charge in [-0.2, -0.15) is 0 Å². The first-order chi connectivity index (χ1) is 7.79. The van der Waals surface area contributed by atoms with Crippen molar-refractivity contribution in [2.75, 3.05) is 11.9 Å². The molecule has 2 heterocycles. The molecule has 0 radical (unpaired) electrons. The zero-order chi connectivity index (χ0) is 11.1. The van der Waals surface area contributed by atoms with Gasteiger partial charge in [-0.3, -0.25) is 0 Å². The van der Waals surface area contributed by atoms with Gasteiger partial charge in [-0.05, 0) is 30.0 Å². The Kier molecular flexibility index (Phi) is 2.37. The van der Waals surface area contributed by atoms with Gasteiger partial charge in [0, 0.05) is 27.2 Å². The first kappa shape index (κ1) is 10.1. The summed E-state index contributed by atoms with van der Waals surface area (Å²) >= 11 is 1.72. The second-order valence-corrected chi connectivity index (χ2v) is 5.67. The lowest BCUT2D eigenvalue weighted by Gasteiger charge is -2.08. The van der Waals surface area contributed by atoms with Gasteiger partial charge < -0.3 is 10.4 Å². The Morgan fingerprint density at radius 3 is 3.19 bits per heavy atom. The molecule has 2 aromatic rings. The Labute approximate surface area is 98.9 Å². The highest BCUT2D eigenvalue weighted by Gasteiger charge is 2.19. The Hall–Kier alpha value is -1.06. The predicted octanol–water partition coefficient (Wildman–Crippen LogP) is 3.00. The Morgan fingerprint density at radius 1 is 1.50 bits per heavy atom. The van der Waals surface area contributed by atoms with E-state index in [4.69, 9.17) is 0 Å². The maximum atomic E-state index is 9.43. The summed E-state index contributed by atoms with van der Waals surface area (Å²) in [4.78, 5) is 1.14. The summed E-state index contributed by atoms with van der Waals surface area (Å²) < 4.78 is 1.29. The number of aliphatic hydroxyl groups excluding tert-OH is 1. The maximum absolute atomic E-state index is 9.43. The van der Waals surface area contributed by atoms with E-state index in [1.807, 2.05) is 0 Å². The molecule has 2 N–H and O–H groups in total. The number of anilines is 1. The summed E-state index contributed by atoms with van der Waals surface area (Å²) in [7, 11) is 0. The second-order valence-electron chi connectivity index (χ2n) is 4.53. The van der Waals surface area contributed by atoms with Gasteiger partial charge in [-0.1, -0.05) is 13.0 Å². The highest BCUT2D eigenvalue weighted by molar-refractivity contribution is 7.19. The monoisotopic (exact) mass is 233 g/mol. The molecule has 0 bridgehead atoms. The average Bonchev–Trinajstić information content (AvgIpc) is 2.55. The molecule has 1 aromatic carbocycles. The minimum atomic E-state index is 0.167. The molecule has 2 nitrogen and oxygen atoms in total. The van der Waals surface area contributed by atoms with Crippen molar-refractivity contribution >= 4 is 27.1 Å². The van der Waals surface area contributed by atoms with E-state index in [-0.39, 0.29) is 6.61 Å². The van der Waals surface area contributed by atoms with Crippen LogP contribution in [0.15, 0.2) is 18.2 Å². The molecule has 1 aromatic heterocycles. The molecule has 0 amide bonds. The van der Waals surface area contributed by atoms with Crippen LogP contribution >= 0.6 is 11.3 Å². The molecule has 0 spiro atoms. The van der Waals surface area contributed by atoms with E-state index in [0.717, 1.165) is 17.8 Å². The number of thiophene rings is 1. The van der Waals surface area contributed by atoms with Crippen LogP contribution in [0.3, 0.4) is 0 Å². The fourth-order valence-electron chi connectivity index (χ4n) is 2.46. The molecule has 3 heteroatoms. The van der Waals surface area contributed by atoms with Gasteiger partial charge in [-0.15, -0.1) is 11.3 Å². The SMILES string of the molecule is CC1CNc2cccc3sc(CO)c(c23)C1. The summed E-state index contributed by atoms with van der Waals surface area (Å²) in [6, 6.07) is 6.36. The highest BCUT2D eigenvalue weighted by Crippen LogP contribution is 2.39. The standard InChI is InChI=1S/C13H15NOS/c1-8-5-9-12(7-15)16-11-4-2-3-10(13(9)11)14-6-8/h2-4,8,14-15H,5-7H2,1H3. The lowest BCUT2D eigenvalue weighted by Crippen LogP contribution is -2.10. The van der Waals surface area contributed by atoms with Gasteiger partial charge in [0.2, 0.25) is 0 Å². The van der Waals surface area contributed by atoms with Crippen LogP contribution in [0.4, 0.5) is 5.69 Å². The van der Waals surface area contributed by atoms with Gasteiger partial charge in [-0.25, -0.2) is 0 Å². The van der Waals surface area contributed by atoms with Crippen molar-refractivity contribution in [1.82, 2.24) is 0 Å². The van der Waals surface area contributed by atoms with E-state index >= 15 is 0 Å². The molecule has 3 rings (SSSR count). The van der Waals surface area contributed by atoms with Gasteiger partial charge >= 0.3 is 0 Å². The van der Waals surface area contributed by atoms with Crippen LogP contribution in [0.1, 0.15) is 17.4 Å². The number of benzene rings is 1. The number of nitrogens with one attached hydrogen (secondary N) is 1. The van der Waals surface area contributed by atoms with Crippen molar-refractivity contribution in [1.29, 1.82) is 0 Å². The van der Waals surface area contributed by atoms with Crippen LogP contribution in [-0.2, 0) is 13.0 Å². The van der Waals surface area contributed by atoms with Crippen molar-refractivity contribution in [3.63, 3.8) is 0 Å². The predicted molar refractivity (Wildman–Crippen MR) is 69.1 cm³/mol. The van der Waals surface area contributed by atoms with Crippen molar-refractivity contribution in [3.8, 4) is 0 Å². The maximum Gasteiger partial charge on any atom is 0.0777 e. The third kappa shape index (κ3) is 1.43. The van der Waals surface area contributed by atoms with Gasteiger partial charge in [0.1, 0.15) is 0 Å². The van der Waals surface area contributed by atoms with E-state index in [0.29, 0.717) is 5.92 Å². The Balaban J connectivity index is 2.32. The van der Waals surface area contributed by atoms with E-state index in [1.54, 1.807) is 11.3 Å². The smallest absolute Gasteiger partial charge is 0.0777 e. The lowest BCUT2D eigenvalue weighted by molar-refractivity contribution is 0.284. The van der Waals surface area contributed by atoms with E-state index < -0.39 is 0 Å².